The van der Waals surface area contributed by atoms with Crippen LogP contribution in [0, 0.1) is 28.5 Å². The Labute approximate surface area is 130 Å². The van der Waals surface area contributed by atoms with E-state index in [1.54, 1.807) is 19.9 Å². The van der Waals surface area contributed by atoms with E-state index in [0.29, 0.717) is 0 Å². The predicted molar refractivity (Wildman–Crippen MR) is 80.9 cm³/mol. The lowest BCUT2D eigenvalue weighted by molar-refractivity contribution is 0.0166. The number of sulfonamides is 1. The summed E-state index contributed by atoms with van der Waals surface area (Å²) in [6.07, 6.45) is -0.682. The highest BCUT2D eigenvalue weighted by atomic mass is 32.2. The standard InChI is InChI=1S/C15H21FN2O3S/c1-10(2)14(19)15(3,4)9-18-22(20,21)12-5-6-13(16)11(7-12)8-17/h5-7,10,14,18-19H,9H2,1-4H3. The highest BCUT2D eigenvalue weighted by Crippen LogP contribution is 2.26. The van der Waals surface area contributed by atoms with Gasteiger partial charge in [0, 0.05) is 12.0 Å². The van der Waals surface area contributed by atoms with Crippen molar-refractivity contribution in [3.05, 3.63) is 29.6 Å². The zero-order valence-corrected chi connectivity index (χ0v) is 13.9. The van der Waals surface area contributed by atoms with E-state index >= 15 is 0 Å². The fraction of sp³-hybridized carbons (Fsp3) is 0.533. The average molecular weight is 328 g/mol. The second-order valence-electron chi connectivity index (χ2n) is 6.26. The summed E-state index contributed by atoms with van der Waals surface area (Å²) in [7, 11) is -3.88. The molecule has 1 unspecified atom stereocenters. The lowest BCUT2D eigenvalue weighted by atomic mass is 9.81. The van der Waals surface area contributed by atoms with Gasteiger partial charge >= 0.3 is 0 Å². The second-order valence-corrected chi connectivity index (χ2v) is 8.02. The Morgan fingerprint density at radius 2 is 2.00 bits per heavy atom. The lowest BCUT2D eigenvalue weighted by Crippen LogP contribution is -2.43. The highest BCUT2D eigenvalue weighted by Gasteiger charge is 2.31. The molecule has 1 aromatic rings. The maximum Gasteiger partial charge on any atom is 0.240 e. The van der Waals surface area contributed by atoms with Crippen LogP contribution >= 0.6 is 0 Å². The van der Waals surface area contributed by atoms with Gasteiger partial charge in [-0.3, -0.25) is 0 Å². The number of nitrogens with zero attached hydrogens (tertiary/aromatic N) is 1. The molecule has 0 spiro atoms. The minimum atomic E-state index is -3.88. The van der Waals surface area contributed by atoms with Crippen molar-refractivity contribution in [1.29, 1.82) is 5.26 Å². The van der Waals surface area contributed by atoms with Crippen LogP contribution in [0.1, 0.15) is 33.3 Å². The van der Waals surface area contributed by atoms with Gasteiger partial charge in [-0.2, -0.15) is 5.26 Å². The van der Waals surface area contributed by atoms with Crippen LogP contribution in [0.2, 0.25) is 0 Å². The molecule has 0 aliphatic carbocycles. The number of benzene rings is 1. The summed E-state index contributed by atoms with van der Waals surface area (Å²) in [5, 5.41) is 18.9. The fourth-order valence-electron chi connectivity index (χ4n) is 2.13. The molecule has 0 aliphatic rings. The van der Waals surface area contributed by atoms with Gasteiger partial charge in [0.1, 0.15) is 11.9 Å². The zero-order valence-electron chi connectivity index (χ0n) is 13.1. The van der Waals surface area contributed by atoms with E-state index in [-0.39, 0.29) is 22.9 Å². The Kier molecular flexibility index (Phi) is 5.68. The van der Waals surface area contributed by atoms with Crippen molar-refractivity contribution >= 4 is 10.0 Å². The van der Waals surface area contributed by atoms with E-state index in [4.69, 9.17) is 5.26 Å². The molecule has 5 nitrogen and oxygen atoms in total. The Hall–Kier alpha value is -1.49. The van der Waals surface area contributed by atoms with Gasteiger partial charge in [-0.15, -0.1) is 0 Å². The Morgan fingerprint density at radius 3 is 2.50 bits per heavy atom. The van der Waals surface area contributed by atoms with Crippen LogP contribution in [0.3, 0.4) is 0 Å². The van der Waals surface area contributed by atoms with Gasteiger partial charge in [-0.1, -0.05) is 27.7 Å². The van der Waals surface area contributed by atoms with Crippen LogP contribution in [-0.4, -0.2) is 26.2 Å². The summed E-state index contributed by atoms with van der Waals surface area (Å²) in [5.41, 5.74) is -0.997. The van der Waals surface area contributed by atoms with Crippen LogP contribution in [0.4, 0.5) is 4.39 Å². The van der Waals surface area contributed by atoms with E-state index in [2.05, 4.69) is 4.72 Å². The second kappa shape index (κ2) is 6.73. The quantitative estimate of drug-likeness (QED) is 0.836. The topological polar surface area (TPSA) is 90.2 Å². The maximum atomic E-state index is 13.3. The zero-order chi connectivity index (χ0) is 17.1. The first-order valence-corrected chi connectivity index (χ1v) is 8.37. The highest BCUT2D eigenvalue weighted by molar-refractivity contribution is 7.89. The molecule has 0 aromatic heterocycles. The third kappa shape index (κ3) is 4.26. The summed E-state index contributed by atoms with van der Waals surface area (Å²) >= 11 is 0. The van der Waals surface area contributed by atoms with Crippen molar-refractivity contribution in [1.82, 2.24) is 4.72 Å². The third-order valence-corrected chi connectivity index (χ3v) is 4.92. The molecule has 0 bridgehead atoms. The van der Waals surface area contributed by atoms with E-state index in [1.165, 1.54) is 0 Å². The fourth-order valence-corrected chi connectivity index (χ4v) is 3.38. The summed E-state index contributed by atoms with van der Waals surface area (Å²) < 4.78 is 40.1. The van der Waals surface area contributed by atoms with Crippen LogP contribution < -0.4 is 4.72 Å². The molecule has 122 valence electrons. The molecular weight excluding hydrogens is 307 g/mol. The molecule has 1 aromatic carbocycles. The van der Waals surface area contributed by atoms with Crippen molar-refractivity contribution in [2.24, 2.45) is 11.3 Å². The first kappa shape index (κ1) is 18.6. The molecule has 0 radical (unpaired) electrons. The van der Waals surface area contributed by atoms with Crippen molar-refractivity contribution < 1.29 is 17.9 Å². The summed E-state index contributed by atoms with van der Waals surface area (Å²) in [4.78, 5) is -0.180. The third-order valence-electron chi connectivity index (χ3n) is 3.52. The summed E-state index contributed by atoms with van der Waals surface area (Å²) in [6, 6.07) is 4.64. The number of hydrogen-bond donors (Lipinski definition) is 2. The number of rotatable bonds is 6. The SMILES string of the molecule is CC(C)C(O)C(C)(C)CNS(=O)(=O)c1ccc(F)c(C#N)c1. The van der Waals surface area contributed by atoms with E-state index < -0.39 is 27.4 Å². The van der Waals surface area contributed by atoms with E-state index in [9.17, 15) is 17.9 Å². The van der Waals surface area contributed by atoms with Crippen molar-refractivity contribution in [2.75, 3.05) is 6.54 Å². The summed E-state index contributed by atoms with van der Waals surface area (Å²) in [6.45, 7) is 7.23. The van der Waals surface area contributed by atoms with Gasteiger partial charge in [-0.25, -0.2) is 17.5 Å². The number of nitrogens with one attached hydrogen (secondary N) is 1. The van der Waals surface area contributed by atoms with Crippen LogP contribution in [0.5, 0.6) is 0 Å². The van der Waals surface area contributed by atoms with Gasteiger partial charge < -0.3 is 5.11 Å². The number of aliphatic hydroxyl groups excluding tert-OH is 1. The molecule has 0 fully saturated rings. The normalized spacial score (nSPS) is 13.9. The van der Waals surface area contributed by atoms with Gasteiger partial charge in [-0.05, 0) is 24.1 Å². The Balaban J connectivity index is 2.96. The van der Waals surface area contributed by atoms with E-state index in [0.717, 1.165) is 18.2 Å². The van der Waals surface area contributed by atoms with Gasteiger partial charge in [0.2, 0.25) is 10.0 Å². The molecule has 1 atom stereocenters. The number of aliphatic hydroxyl groups is 1. The lowest BCUT2D eigenvalue weighted by Gasteiger charge is -2.33. The molecule has 0 saturated carbocycles. The molecular formula is C15H21FN2O3S. The van der Waals surface area contributed by atoms with Gasteiger partial charge in [0.05, 0.1) is 16.6 Å². The maximum absolute atomic E-state index is 13.3. The number of nitriles is 1. The summed E-state index contributed by atoms with van der Waals surface area (Å²) in [5.74, 6) is -0.785. The van der Waals surface area contributed by atoms with Crippen LogP contribution in [0.25, 0.3) is 0 Å². The first-order chi connectivity index (χ1) is 10.0. The Bertz CT molecular complexity index is 679. The minimum absolute atomic E-state index is 0.0180. The van der Waals surface area contributed by atoms with E-state index in [1.807, 2.05) is 13.8 Å². The molecule has 1 rings (SSSR count). The average Bonchev–Trinajstić information content (AvgIpc) is 2.44. The first-order valence-electron chi connectivity index (χ1n) is 6.88. The van der Waals surface area contributed by atoms with Crippen LogP contribution in [-0.2, 0) is 10.0 Å². The van der Waals surface area contributed by atoms with Crippen molar-refractivity contribution in [3.63, 3.8) is 0 Å². The van der Waals surface area contributed by atoms with Crippen molar-refractivity contribution in [3.8, 4) is 6.07 Å². The molecule has 7 heteroatoms. The molecule has 0 saturated heterocycles. The van der Waals surface area contributed by atoms with Gasteiger partial charge in [0.25, 0.3) is 0 Å². The molecule has 0 aliphatic heterocycles. The van der Waals surface area contributed by atoms with Crippen molar-refractivity contribution in [2.45, 2.75) is 38.7 Å². The smallest absolute Gasteiger partial charge is 0.240 e. The molecule has 0 amide bonds. The largest absolute Gasteiger partial charge is 0.392 e. The predicted octanol–water partition coefficient (Wildman–Crippen LogP) is 2.02. The number of hydrogen-bond acceptors (Lipinski definition) is 4. The number of halogens is 1. The Morgan fingerprint density at radius 1 is 1.41 bits per heavy atom. The molecule has 0 heterocycles. The monoisotopic (exact) mass is 328 g/mol. The van der Waals surface area contributed by atoms with Gasteiger partial charge in [0.15, 0.2) is 0 Å². The molecule has 2 N–H and O–H groups in total. The van der Waals surface area contributed by atoms with Crippen LogP contribution in [0.15, 0.2) is 23.1 Å². The minimum Gasteiger partial charge on any atom is -0.392 e. The molecule has 22 heavy (non-hydrogen) atoms.